The van der Waals surface area contributed by atoms with Crippen molar-refractivity contribution in [3.8, 4) is 0 Å². The highest BCUT2D eigenvalue weighted by atomic mass is 27.0. The lowest BCUT2D eigenvalue weighted by molar-refractivity contribution is -0.307. The van der Waals surface area contributed by atoms with Gasteiger partial charge in [-0.3, -0.25) is 0 Å². The van der Waals surface area contributed by atoms with Crippen molar-refractivity contribution in [2.75, 3.05) is 0 Å². The molecule has 0 fully saturated rings. The standard InChI is InChI=1S/3C16H32O2.Al/c3*1-2-3-4-5-6-7-8-9-10-11-12-13-14-15-16(17)18;/h3*2-15H2,1H3,(H,17,18);/p-3. The molecule has 0 rings (SSSR count). The second-order valence-electron chi connectivity index (χ2n) is 16.1. The van der Waals surface area contributed by atoms with Crippen molar-refractivity contribution < 1.29 is 29.7 Å². The predicted octanol–water partition coefficient (Wildman–Crippen LogP) is 12.3. The van der Waals surface area contributed by atoms with Gasteiger partial charge in [-0.25, -0.2) is 0 Å². The number of hydrogen-bond acceptors (Lipinski definition) is 6. The van der Waals surface area contributed by atoms with Gasteiger partial charge in [0.25, 0.3) is 0 Å². The van der Waals surface area contributed by atoms with Crippen LogP contribution in [0.1, 0.15) is 290 Å². The third-order valence-corrected chi connectivity index (χ3v) is 10.5. The average molecular weight is 793 g/mol. The van der Waals surface area contributed by atoms with Gasteiger partial charge < -0.3 is 29.7 Å². The van der Waals surface area contributed by atoms with Crippen molar-refractivity contribution in [2.45, 2.75) is 290 Å². The third-order valence-electron chi connectivity index (χ3n) is 10.5. The quantitative estimate of drug-likeness (QED) is 0.0448. The first-order chi connectivity index (χ1) is 26.3. The number of unbranched alkanes of at least 4 members (excludes halogenated alkanes) is 36. The molecule has 0 saturated heterocycles. The fourth-order valence-corrected chi connectivity index (χ4v) is 6.86. The Morgan fingerprint density at radius 2 is 0.345 bits per heavy atom. The van der Waals surface area contributed by atoms with Crippen LogP contribution < -0.4 is 15.3 Å². The van der Waals surface area contributed by atoms with Crippen LogP contribution in [0.25, 0.3) is 0 Å². The van der Waals surface area contributed by atoms with E-state index in [1.165, 1.54) is 212 Å². The Morgan fingerprint density at radius 1 is 0.236 bits per heavy atom. The third kappa shape index (κ3) is 71.2. The number of rotatable bonds is 42. The molecule has 6 nitrogen and oxygen atoms in total. The second-order valence-corrected chi connectivity index (χ2v) is 16.1. The molecule has 0 heterocycles. The zero-order valence-electron chi connectivity index (χ0n) is 37.2. The van der Waals surface area contributed by atoms with Gasteiger partial charge in [0, 0.05) is 35.3 Å². The first-order valence-electron chi connectivity index (χ1n) is 23.9. The Labute approximate surface area is 354 Å². The van der Waals surface area contributed by atoms with E-state index in [0.29, 0.717) is 0 Å². The molecule has 0 spiro atoms. The highest BCUT2D eigenvalue weighted by Gasteiger charge is 1.97. The zero-order valence-corrected chi connectivity index (χ0v) is 38.4. The molecule has 55 heavy (non-hydrogen) atoms. The van der Waals surface area contributed by atoms with Crippen LogP contribution in [0.4, 0.5) is 0 Å². The first-order valence-corrected chi connectivity index (χ1v) is 23.9. The van der Waals surface area contributed by atoms with Gasteiger partial charge in [-0.05, 0) is 38.5 Å². The molecule has 0 bridgehead atoms. The molecule has 0 aliphatic rings. The highest BCUT2D eigenvalue weighted by molar-refractivity contribution is 5.75. The average Bonchev–Trinajstić information content (AvgIpc) is 3.14. The summed E-state index contributed by atoms with van der Waals surface area (Å²) in [5.74, 6) is -2.71. The molecule has 0 atom stereocenters. The summed E-state index contributed by atoms with van der Waals surface area (Å²) in [5, 5.41) is 30.6. The van der Waals surface area contributed by atoms with E-state index in [2.05, 4.69) is 20.8 Å². The van der Waals surface area contributed by atoms with Crippen molar-refractivity contribution in [3.05, 3.63) is 0 Å². The van der Waals surface area contributed by atoms with Gasteiger partial charge in [-0.15, -0.1) is 0 Å². The Balaban J connectivity index is -0.000000351. The second kappa shape index (κ2) is 57.3. The van der Waals surface area contributed by atoms with Crippen LogP contribution in [-0.2, 0) is 14.4 Å². The maximum absolute atomic E-state index is 10.2. The van der Waals surface area contributed by atoms with Gasteiger partial charge in [-0.2, -0.15) is 0 Å². The molecule has 0 aliphatic carbocycles. The minimum atomic E-state index is -0.905. The summed E-state index contributed by atoms with van der Waals surface area (Å²) < 4.78 is 0. The first kappa shape index (κ1) is 60.6. The summed E-state index contributed by atoms with van der Waals surface area (Å²) in [4.78, 5) is 30.6. The van der Waals surface area contributed by atoms with Gasteiger partial charge in [0.2, 0.25) is 0 Å². The van der Waals surface area contributed by atoms with E-state index < -0.39 is 17.9 Å². The van der Waals surface area contributed by atoms with Crippen LogP contribution in [0.2, 0.25) is 0 Å². The van der Waals surface area contributed by atoms with E-state index in [1.807, 2.05) is 0 Å². The van der Waals surface area contributed by atoms with Crippen LogP contribution in [0.5, 0.6) is 0 Å². The normalized spacial score (nSPS) is 10.5. The number of carboxylic acids is 3. The van der Waals surface area contributed by atoms with Crippen molar-refractivity contribution in [1.29, 1.82) is 0 Å². The van der Waals surface area contributed by atoms with Gasteiger partial charge in [0.05, 0.1) is 0 Å². The van der Waals surface area contributed by atoms with Gasteiger partial charge in [0.1, 0.15) is 0 Å². The molecular weight excluding hydrogens is 700 g/mol. The van der Waals surface area contributed by atoms with Gasteiger partial charge in [0.15, 0.2) is 0 Å². The minimum absolute atomic E-state index is 0. The van der Waals surface area contributed by atoms with Gasteiger partial charge >= 0.3 is 0 Å². The predicted molar refractivity (Wildman–Crippen MR) is 232 cm³/mol. The minimum Gasteiger partial charge on any atom is -0.550 e. The number of carbonyl (C=O) groups is 3. The molecule has 0 aliphatic heterocycles. The monoisotopic (exact) mass is 793 g/mol. The smallest absolute Gasteiger partial charge is 0.0414 e. The summed E-state index contributed by atoms with van der Waals surface area (Å²) in [6.45, 7) is 6.77. The molecule has 0 aromatic carbocycles. The maximum Gasteiger partial charge on any atom is 0.0414 e. The van der Waals surface area contributed by atoms with Crippen molar-refractivity contribution >= 4 is 35.3 Å². The van der Waals surface area contributed by atoms with Crippen LogP contribution >= 0.6 is 0 Å². The summed E-state index contributed by atoms with van der Waals surface area (Å²) in [5.41, 5.74) is 0. The number of carboxylic acid groups (broad SMARTS) is 3. The van der Waals surface area contributed by atoms with Crippen LogP contribution in [0.3, 0.4) is 0 Å². The maximum atomic E-state index is 10.2. The number of carbonyl (C=O) groups excluding carboxylic acids is 3. The van der Waals surface area contributed by atoms with Crippen LogP contribution in [-0.4, -0.2) is 35.3 Å². The highest BCUT2D eigenvalue weighted by Crippen LogP contribution is 2.15. The molecule has 0 saturated carbocycles. The lowest BCUT2D eigenvalue weighted by Crippen LogP contribution is -2.21. The Morgan fingerprint density at radius 3 is 0.455 bits per heavy atom. The van der Waals surface area contributed by atoms with Crippen molar-refractivity contribution in [2.24, 2.45) is 0 Å². The summed E-state index contributed by atoms with van der Waals surface area (Å²) in [7, 11) is 0. The number of aliphatic carboxylic acids is 3. The van der Waals surface area contributed by atoms with E-state index in [0.717, 1.165) is 38.5 Å². The number of hydrogen-bond donors (Lipinski definition) is 0. The van der Waals surface area contributed by atoms with E-state index in [4.69, 9.17) is 0 Å². The summed E-state index contributed by atoms with van der Waals surface area (Å²) >= 11 is 0. The Kier molecular flexibility index (Phi) is 63.1. The molecule has 0 N–H and O–H groups in total. The van der Waals surface area contributed by atoms with Crippen molar-refractivity contribution in [3.63, 3.8) is 0 Å². The summed E-state index contributed by atoms with van der Waals surface area (Å²) in [6.07, 6.45) is 50.8. The fraction of sp³-hybridized carbons (Fsp3) is 0.938. The lowest BCUT2D eigenvalue weighted by Gasteiger charge is -2.03. The van der Waals surface area contributed by atoms with E-state index in [9.17, 15) is 29.7 Å². The fourth-order valence-electron chi connectivity index (χ4n) is 6.86. The molecule has 0 aromatic heterocycles. The van der Waals surface area contributed by atoms with Crippen LogP contribution in [0, 0.1) is 0 Å². The Bertz CT molecular complexity index is 636. The lowest BCUT2D eigenvalue weighted by atomic mass is 10.0. The SMILES string of the molecule is CCCCCCCCCCCCCCCC(=O)[O-].CCCCCCCCCCCCCCCC(=O)[O-].CCCCCCCCCCCCCCCC(=O)[O-].[Al]. The van der Waals surface area contributed by atoms with Crippen LogP contribution in [0.15, 0.2) is 0 Å². The summed E-state index contributed by atoms with van der Waals surface area (Å²) in [6, 6.07) is 0. The topological polar surface area (TPSA) is 120 Å². The molecular formula is C48H93AlO6-3. The molecule has 3 radical (unpaired) electrons. The molecule has 7 heteroatoms. The largest absolute Gasteiger partial charge is 0.550 e. The molecule has 327 valence electrons. The van der Waals surface area contributed by atoms with E-state index >= 15 is 0 Å². The zero-order chi connectivity index (χ0) is 40.4. The Hall–Kier alpha value is -1.06. The van der Waals surface area contributed by atoms with Crippen molar-refractivity contribution in [1.82, 2.24) is 0 Å². The van der Waals surface area contributed by atoms with Gasteiger partial charge in [-0.1, -0.05) is 252 Å². The van der Waals surface area contributed by atoms with E-state index in [1.54, 1.807) is 0 Å². The molecule has 0 unspecified atom stereocenters. The molecule has 0 amide bonds. The van der Waals surface area contributed by atoms with E-state index in [-0.39, 0.29) is 36.6 Å². The molecule has 0 aromatic rings.